The standard InChI is InChI=1S/C13H20O3/c1-12-6-3-5-11(14)10(12)4-2-7-13(12)15-8-9-16-13/h10H,2-9H2,1H3. The van der Waals surface area contributed by atoms with Crippen LogP contribution in [0.3, 0.4) is 0 Å². The third-order valence-electron chi connectivity index (χ3n) is 4.90. The monoisotopic (exact) mass is 224 g/mol. The van der Waals surface area contributed by atoms with Crippen molar-refractivity contribution in [1.82, 2.24) is 0 Å². The molecular weight excluding hydrogens is 204 g/mol. The molecule has 0 radical (unpaired) electrons. The fourth-order valence-electron chi connectivity index (χ4n) is 4.02. The molecule has 0 bridgehead atoms. The maximum atomic E-state index is 12.1. The van der Waals surface area contributed by atoms with Gasteiger partial charge in [0, 0.05) is 24.2 Å². The van der Waals surface area contributed by atoms with Crippen molar-refractivity contribution in [2.75, 3.05) is 13.2 Å². The molecule has 0 aromatic rings. The van der Waals surface area contributed by atoms with Crippen LogP contribution in [-0.4, -0.2) is 24.8 Å². The number of carbonyl (C=O) groups excluding carboxylic acids is 1. The van der Waals surface area contributed by atoms with Gasteiger partial charge < -0.3 is 9.47 Å². The quantitative estimate of drug-likeness (QED) is 0.633. The fourth-order valence-corrected chi connectivity index (χ4v) is 4.02. The Balaban J connectivity index is 1.98. The van der Waals surface area contributed by atoms with Crippen LogP contribution in [-0.2, 0) is 14.3 Å². The molecule has 0 amide bonds. The van der Waals surface area contributed by atoms with E-state index in [-0.39, 0.29) is 11.3 Å². The molecule has 3 aliphatic rings. The molecule has 3 heteroatoms. The number of carbonyl (C=O) groups is 1. The number of rotatable bonds is 0. The molecule has 3 fully saturated rings. The van der Waals surface area contributed by atoms with Gasteiger partial charge in [-0.25, -0.2) is 0 Å². The third kappa shape index (κ3) is 1.25. The molecule has 1 heterocycles. The van der Waals surface area contributed by atoms with Crippen molar-refractivity contribution in [2.24, 2.45) is 11.3 Å². The SMILES string of the molecule is CC12CCCC(=O)C1CCCC21OCCO1. The molecule has 2 atom stereocenters. The van der Waals surface area contributed by atoms with Crippen molar-refractivity contribution in [3.63, 3.8) is 0 Å². The van der Waals surface area contributed by atoms with Crippen LogP contribution >= 0.6 is 0 Å². The van der Waals surface area contributed by atoms with Crippen LogP contribution in [0.2, 0.25) is 0 Å². The molecule has 90 valence electrons. The first kappa shape index (κ1) is 10.7. The van der Waals surface area contributed by atoms with Gasteiger partial charge >= 0.3 is 0 Å². The number of ketones is 1. The molecule has 0 aromatic heterocycles. The molecule has 16 heavy (non-hydrogen) atoms. The van der Waals surface area contributed by atoms with E-state index in [0.717, 1.165) is 38.5 Å². The molecule has 1 spiro atoms. The highest BCUT2D eigenvalue weighted by atomic mass is 16.7. The van der Waals surface area contributed by atoms with Gasteiger partial charge in [-0.3, -0.25) is 4.79 Å². The highest BCUT2D eigenvalue weighted by molar-refractivity contribution is 5.83. The maximum Gasteiger partial charge on any atom is 0.174 e. The number of hydrogen-bond acceptors (Lipinski definition) is 3. The number of hydrogen-bond donors (Lipinski definition) is 0. The van der Waals surface area contributed by atoms with Gasteiger partial charge in [-0.2, -0.15) is 0 Å². The Hall–Kier alpha value is -0.410. The van der Waals surface area contributed by atoms with Gasteiger partial charge in [-0.05, 0) is 25.7 Å². The molecule has 2 saturated carbocycles. The van der Waals surface area contributed by atoms with Gasteiger partial charge in [-0.15, -0.1) is 0 Å². The van der Waals surface area contributed by atoms with E-state index in [1.54, 1.807) is 0 Å². The average Bonchev–Trinajstić information content (AvgIpc) is 2.72. The molecular formula is C13H20O3. The maximum absolute atomic E-state index is 12.1. The molecule has 2 unspecified atom stereocenters. The van der Waals surface area contributed by atoms with Crippen LogP contribution in [0.5, 0.6) is 0 Å². The van der Waals surface area contributed by atoms with Crippen molar-refractivity contribution in [3.05, 3.63) is 0 Å². The van der Waals surface area contributed by atoms with Crippen molar-refractivity contribution in [2.45, 2.75) is 51.2 Å². The Kier molecular flexibility index (Phi) is 2.37. The van der Waals surface area contributed by atoms with Crippen LogP contribution < -0.4 is 0 Å². The zero-order chi connectivity index (χ0) is 11.2. The highest BCUT2D eigenvalue weighted by Crippen LogP contribution is 2.57. The molecule has 3 rings (SSSR count). The van der Waals surface area contributed by atoms with Crippen LogP contribution in [0.1, 0.15) is 45.4 Å². The zero-order valence-corrected chi connectivity index (χ0v) is 9.96. The second-order valence-corrected chi connectivity index (χ2v) is 5.63. The van der Waals surface area contributed by atoms with E-state index in [1.165, 1.54) is 0 Å². The fraction of sp³-hybridized carbons (Fsp3) is 0.923. The van der Waals surface area contributed by atoms with Crippen molar-refractivity contribution in [1.29, 1.82) is 0 Å². The second-order valence-electron chi connectivity index (χ2n) is 5.63. The minimum Gasteiger partial charge on any atom is -0.347 e. The number of fused-ring (bicyclic) bond motifs is 2. The summed E-state index contributed by atoms with van der Waals surface area (Å²) >= 11 is 0. The van der Waals surface area contributed by atoms with Crippen LogP contribution in [0.4, 0.5) is 0 Å². The van der Waals surface area contributed by atoms with Gasteiger partial charge in [0.2, 0.25) is 0 Å². The molecule has 0 N–H and O–H groups in total. The smallest absolute Gasteiger partial charge is 0.174 e. The summed E-state index contributed by atoms with van der Waals surface area (Å²) in [5, 5.41) is 0. The first-order chi connectivity index (χ1) is 7.68. The first-order valence-electron chi connectivity index (χ1n) is 6.49. The summed E-state index contributed by atoms with van der Waals surface area (Å²) in [7, 11) is 0. The lowest BCUT2D eigenvalue weighted by Crippen LogP contribution is -2.57. The van der Waals surface area contributed by atoms with Gasteiger partial charge in [0.05, 0.1) is 13.2 Å². The summed E-state index contributed by atoms with van der Waals surface area (Å²) in [6.07, 6.45) is 5.89. The molecule has 3 nitrogen and oxygen atoms in total. The normalized spacial score (nSPS) is 42.3. The predicted molar refractivity (Wildman–Crippen MR) is 58.9 cm³/mol. The summed E-state index contributed by atoms with van der Waals surface area (Å²) in [4.78, 5) is 12.1. The Labute approximate surface area is 96.5 Å². The summed E-state index contributed by atoms with van der Waals surface area (Å²) < 4.78 is 11.9. The summed E-state index contributed by atoms with van der Waals surface area (Å²) in [6.45, 7) is 3.59. The van der Waals surface area contributed by atoms with Crippen molar-refractivity contribution in [3.8, 4) is 0 Å². The molecule has 1 aliphatic heterocycles. The van der Waals surface area contributed by atoms with E-state index < -0.39 is 5.79 Å². The van der Waals surface area contributed by atoms with E-state index in [2.05, 4.69) is 6.92 Å². The molecule has 2 aliphatic carbocycles. The first-order valence-corrected chi connectivity index (χ1v) is 6.49. The van der Waals surface area contributed by atoms with E-state index in [9.17, 15) is 4.79 Å². The zero-order valence-electron chi connectivity index (χ0n) is 9.96. The van der Waals surface area contributed by atoms with E-state index >= 15 is 0 Å². The lowest BCUT2D eigenvalue weighted by atomic mass is 9.57. The Morgan fingerprint density at radius 3 is 2.69 bits per heavy atom. The lowest BCUT2D eigenvalue weighted by molar-refractivity contribution is -0.270. The Bertz CT molecular complexity index is 306. The summed E-state index contributed by atoms with van der Waals surface area (Å²) in [5.74, 6) is 0.173. The highest BCUT2D eigenvalue weighted by Gasteiger charge is 2.60. The summed E-state index contributed by atoms with van der Waals surface area (Å²) in [6, 6.07) is 0. The minimum absolute atomic E-state index is 0.0723. The number of Topliss-reactive ketones (excluding diaryl/α,β-unsaturated/α-hetero) is 1. The van der Waals surface area contributed by atoms with E-state index in [1.807, 2.05) is 0 Å². The Morgan fingerprint density at radius 1 is 1.19 bits per heavy atom. The third-order valence-corrected chi connectivity index (χ3v) is 4.90. The van der Waals surface area contributed by atoms with Gasteiger partial charge in [0.25, 0.3) is 0 Å². The average molecular weight is 224 g/mol. The van der Waals surface area contributed by atoms with Gasteiger partial charge in [0.1, 0.15) is 5.78 Å². The minimum atomic E-state index is -0.438. The van der Waals surface area contributed by atoms with Crippen LogP contribution in [0, 0.1) is 11.3 Å². The lowest BCUT2D eigenvalue weighted by Gasteiger charge is -2.53. The summed E-state index contributed by atoms with van der Waals surface area (Å²) in [5.41, 5.74) is -0.0723. The topological polar surface area (TPSA) is 35.5 Å². The second kappa shape index (κ2) is 3.54. The van der Waals surface area contributed by atoms with Gasteiger partial charge in [-0.1, -0.05) is 6.92 Å². The number of ether oxygens (including phenoxy) is 2. The Morgan fingerprint density at radius 2 is 1.94 bits per heavy atom. The van der Waals surface area contributed by atoms with E-state index in [4.69, 9.17) is 9.47 Å². The van der Waals surface area contributed by atoms with Crippen LogP contribution in [0.25, 0.3) is 0 Å². The molecule has 0 aromatic carbocycles. The molecule has 1 saturated heterocycles. The largest absolute Gasteiger partial charge is 0.347 e. The van der Waals surface area contributed by atoms with Crippen molar-refractivity contribution >= 4 is 5.78 Å². The van der Waals surface area contributed by atoms with E-state index in [0.29, 0.717) is 19.0 Å². The predicted octanol–water partition coefficient (Wildman–Crippen LogP) is 2.29. The van der Waals surface area contributed by atoms with Crippen molar-refractivity contribution < 1.29 is 14.3 Å². The van der Waals surface area contributed by atoms with Gasteiger partial charge in [0.15, 0.2) is 5.79 Å². The van der Waals surface area contributed by atoms with Crippen LogP contribution in [0.15, 0.2) is 0 Å².